The van der Waals surface area contributed by atoms with Crippen LogP contribution in [0.2, 0.25) is 0 Å². The van der Waals surface area contributed by atoms with E-state index >= 15 is 0 Å². The largest absolute Gasteiger partial charge is 0.460 e. The van der Waals surface area contributed by atoms with Gasteiger partial charge in [-0.15, -0.1) is 0 Å². The SMILES string of the molecule is CC(C)(C)OC(=O)CCOCCOCCN.N. The number of nitrogens with two attached hydrogens (primary N) is 1. The quantitative estimate of drug-likeness (QED) is 0.489. The zero-order valence-corrected chi connectivity index (χ0v) is 11.2. The van der Waals surface area contributed by atoms with Crippen LogP contribution in [-0.2, 0) is 19.0 Å². The highest BCUT2D eigenvalue weighted by Gasteiger charge is 2.15. The van der Waals surface area contributed by atoms with Crippen molar-refractivity contribution >= 4 is 5.97 Å². The Morgan fingerprint density at radius 2 is 1.59 bits per heavy atom. The average molecular weight is 250 g/mol. The smallest absolute Gasteiger partial charge is 0.308 e. The summed E-state index contributed by atoms with van der Waals surface area (Å²) in [6.07, 6.45) is 0.272. The minimum atomic E-state index is -0.429. The summed E-state index contributed by atoms with van der Waals surface area (Å²) in [5.74, 6) is -0.240. The summed E-state index contributed by atoms with van der Waals surface area (Å²) in [6.45, 7) is 7.91. The van der Waals surface area contributed by atoms with Gasteiger partial charge in [-0.1, -0.05) is 0 Å². The predicted molar refractivity (Wildman–Crippen MR) is 66.2 cm³/mol. The predicted octanol–water partition coefficient (Wildman–Crippen LogP) is 0.872. The van der Waals surface area contributed by atoms with Gasteiger partial charge in [-0.25, -0.2) is 0 Å². The van der Waals surface area contributed by atoms with Crippen molar-refractivity contribution in [1.82, 2.24) is 6.15 Å². The van der Waals surface area contributed by atoms with Gasteiger partial charge in [0, 0.05) is 6.54 Å². The van der Waals surface area contributed by atoms with Crippen LogP contribution in [0, 0.1) is 0 Å². The number of hydrogen-bond donors (Lipinski definition) is 2. The summed E-state index contributed by atoms with van der Waals surface area (Å²) >= 11 is 0. The van der Waals surface area contributed by atoms with Gasteiger partial charge < -0.3 is 26.1 Å². The lowest BCUT2D eigenvalue weighted by atomic mass is 10.2. The van der Waals surface area contributed by atoms with Gasteiger partial charge in [0.15, 0.2) is 0 Å². The van der Waals surface area contributed by atoms with Crippen LogP contribution in [0.3, 0.4) is 0 Å². The van der Waals surface area contributed by atoms with Crippen molar-refractivity contribution in [3.63, 3.8) is 0 Å². The molecule has 0 radical (unpaired) electrons. The van der Waals surface area contributed by atoms with Crippen LogP contribution < -0.4 is 11.9 Å². The molecule has 0 bridgehead atoms. The van der Waals surface area contributed by atoms with Crippen molar-refractivity contribution in [2.75, 3.05) is 33.0 Å². The average Bonchev–Trinajstić information content (AvgIpc) is 2.13. The number of ether oxygens (including phenoxy) is 3. The molecule has 0 aliphatic heterocycles. The fourth-order valence-electron chi connectivity index (χ4n) is 0.953. The van der Waals surface area contributed by atoms with E-state index in [9.17, 15) is 4.79 Å². The van der Waals surface area contributed by atoms with Crippen LogP contribution in [0.4, 0.5) is 0 Å². The Morgan fingerprint density at radius 1 is 1.06 bits per heavy atom. The Labute approximate surface area is 103 Å². The number of carbonyl (C=O) groups excluding carboxylic acids is 1. The van der Waals surface area contributed by atoms with Crippen LogP contribution >= 0.6 is 0 Å². The monoisotopic (exact) mass is 250 g/mol. The van der Waals surface area contributed by atoms with Crippen LogP contribution in [0.25, 0.3) is 0 Å². The van der Waals surface area contributed by atoms with Crippen LogP contribution in [0.1, 0.15) is 27.2 Å². The van der Waals surface area contributed by atoms with E-state index in [0.717, 1.165) is 0 Å². The standard InChI is InChI=1S/C11H23NO4.H3N/c1-11(2,3)16-10(13)4-6-14-8-9-15-7-5-12;/h4-9,12H2,1-3H3;1H3. The number of esters is 1. The number of rotatable bonds is 8. The molecule has 0 unspecified atom stereocenters. The molecule has 5 N–H and O–H groups in total. The summed E-state index contributed by atoms with van der Waals surface area (Å²) in [4.78, 5) is 11.2. The van der Waals surface area contributed by atoms with E-state index in [1.165, 1.54) is 0 Å². The van der Waals surface area contributed by atoms with E-state index < -0.39 is 5.60 Å². The molecule has 0 fully saturated rings. The highest BCUT2D eigenvalue weighted by molar-refractivity contribution is 5.69. The van der Waals surface area contributed by atoms with E-state index in [2.05, 4.69) is 0 Å². The van der Waals surface area contributed by atoms with Crippen molar-refractivity contribution in [3.8, 4) is 0 Å². The molecule has 0 aromatic carbocycles. The molecular formula is C11H26N2O4. The van der Waals surface area contributed by atoms with Gasteiger partial charge in [0.05, 0.1) is 32.8 Å². The fraction of sp³-hybridized carbons (Fsp3) is 0.909. The second-order valence-electron chi connectivity index (χ2n) is 4.35. The van der Waals surface area contributed by atoms with Crippen LogP contribution in [0.15, 0.2) is 0 Å². The topological polar surface area (TPSA) is 106 Å². The zero-order chi connectivity index (χ0) is 12.4. The lowest BCUT2D eigenvalue weighted by molar-refractivity contribution is -0.156. The zero-order valence-electron chi connectivity index (χ0n) is 11.2. The first-order valence-corrected chi connectivity index (χ1v) is 5.53. The highest BCUT2D eigenvalue weighted by Crippen LogP contribution is 2.07. The first-order chi connectivity index (χ1) is 7.45. The summed E-state index contributed by atoms with van der Waals surface area (Å²) < 4.78 is 15.4. The van der Waals surface area contributed by atoms with E-state index in [4.69, 9.17) is 19.9 Å². The summed E-state index contributed by atoms with van der Waals surface area (Å²) in [6, 6.07) is 0. The van der Waals surface area contributed by atoms with Crippen molar-refractivity contribution in [2.45, 2.75) is 32.8 Å². The van der Waals surface area contributed by atoms with Gasteiger partial charge in [0.25, 0.3) is 0 Å². The Hall–Kier alpha value is -0.690. The van der Waals surface area contributed by atoms with Crippen molar-refractivity contribution < 1.29 is 19.0 Å². The van der Waals surface area contributed by atoms with Gasteiger partial charge >= 0.3 is 5.97 Å². The molecule has 0 aromatic heterocycles. The maximum atomic E-state index is 11.2. The molecule has 0 aliphatic rings. The lowest BCUT2D eigenvalue weighted by Gasteiger charge is -2.19. The van der Waals surface area contributed by atoms with Crippen molar-refractivity contribution in [1.29, 1.82) is 0 Å². The van der Waals surface area contributed by atoms with Crippen LogP contribution in [0.5, 0.6) is 0 Å². The van der Waals surface area contributed by atoms with Gasteiger partial charge in [-0.05, 0) is 20.8 Å². The number of carbonyl (C=O) groups is 1. The van der Waals surface area contributed by atoms with E-state index in [1.54, 1.807) is 0 Å². The molecule has 0 aliphatic carbocycles. The molecule has 6 heteroatoms. The Morgan fingerprint density at radius 3 is 2.06 bits per heavy atom. The second-order valence-corrected chi connectivity index (χ2v) is 4.35. The van der Waals surface area contributed by atoms with Crippen molar-refractivity contribution in [3.05, 3.63) is 0 Å². The third-order valence-corrected chi connectivity index (χ3v) is 1.50. The number of hydrogen-bond acceptors (Lipinski definition) is 6. The molecule has 104 valence electrons. The molecule has 0 aromatic rings. The minimum Gasteiger partial charge on any atom is -0.460 e. The molecule has 0 atom stereocenters. The molecular weight excluding hydrogens is 224 g/mol. The molecule has 0 saturated carbocycles. The van der Waals surface area contributed by atoms with E-state index in [-0.39, 0.29) is 18.5 Å². The third-order valence-electron chi connectivity index (χ3n) is 1.50. The maximum absolute atomic E-state index is 11.2. The summed E-state index contributed by atoms with van der Waals surface area (Å²) in [5, 5.41) is 0. The van der Waals surface area contributed by atoms with Gasteiger partial charge in [0.1, 0.15) is 5.60 Å². The first kappa shape index (κ1) is 18.7. The first-order valence-electron chi connectivity index (χ1n) is 5.53. The molecule has 0 heterocycles. The maximum Gasteiger partial charge on any atom is 0.308 e. The molecule has 6 nitrogen and oxygen atoms in total. The van der Waals surface area contributed by atoms with Crippen molar-refractivity contribution in [2.24, 2.45) is 5.73 Å². The van der Waals surface area contributed by atoms with Gasteiger partial charge in [-0.3, -0.25) is 4.79 Å². The Bertz CT molecular complexity index is 192. The van der Waals surface area contributed by atoms with E-state index in [1.807, 2.05) is 20.8 Å². The van der Waals surface area contributed by atoms with E-state index in [0.29, 0.717) is 33.0 Å². The lowest BCUT2D eigenvalue weighted by Crippen LogP contribution is -2.24. The summed E-state index contributed by atoms with van der Waals surface area (Å²) in [5.41, 5.74) is 4.81. The molecule has 0 spiro atoms. The van der Waals surface area contributed by atoms with Crippen LogP contribution in [-0.4, -0.2) is 44.5 Å². The van der Waals surface area contributed by atoms with Gasteiger partial charge in [-0.2, -0.15) is 0 Å². The Kier molecular flexibility index (Phi) is 11.5. The highest BCUT2D eigenvalue weighted by atomic mass is 16.6. The second kappa shape index (κ2) is 10.5. The summed E-state index contributed by atoms with van der Waals surface area (Å²) in [7, 11) is 0. The van der Waals surface area contributed by atoms with Gasteiger partial charge in [0.2, 0.25) is 0 Å². The molecule has 17 heavy (non-hydrogen) atoms. The molecule has 0 saturated heterocycles. The molecule has 0 amide bonds. The Balaban J connectivity index is 0. The third kappa shape index (κ3) is 15.3. The molecule has 0 rings (SSSR count). The minimum absolute atomic E-state index is 0. The fourth-order valence-corrected chi connectivity index (χ4v) is 0.953. The normalized spacial score (nSPS) is 10.8.